The zero-order chi connectivity index (χ0) is 20.7. The van der Waals surface area contributed by atoms with Gasteiger partial charge in [0.25, 0.3) is 0 Å². The van der Waals surface area contributed by atoms with Crippen molar-refractivity contribution in [3.63, 3.8) is 0 Å². The fourth-order valence-electron chi connectivity index (χ4n) is 2.55. The van der Waals surface area contributed by atoms with Crippen LogP contribution in [-0.4, -0.2) is 60.9 Å². The molecule has 0 saturated heterocycles. The third kappa shape index (κ3) is 13.3. The number of alkyl halides is 2. The third-order valence-electron chi connectivity index (χ3n) is 3.92. The average molecular weight is 386 g/mol. The van der Waals surface area contributed by atoms with E-state index in [1.165, 1.54) is 11.8 Å². The van der Waals surface area contributed by atoms with Crippen molar-refractivity contribution in [1.29, 1.82) is 0 Å². The predicted octanol–water partition coefficient (Wildman–Crippen LogP) is 4.13. The number of nitrogens with zero attached hydrogens (tertiary/aromatic N) is 2. The van der Waals surface area contributed by atoms with E-state index >= 15 is 0 Å². The van der Waals surface area contributed by atoms with E-state index in [2.05, 4.69) is 22.4 Å². The smallest absolute Gasteiger partial charge is 0.242 e. The van der Waals surface area contributed by atoms with Gasteiger partial charge in [-0.05, 0) is 46.0 Å². The molecule has 6 heteroatoms. The van der Waals surface area contributed by atoms with Crippen LogP contribution >= 0.6 is 0 Å². The number of hydrogen-bond acceptors (Lipinski definition) is 4. The Morgan fingerprint density at radius 1 is 1.15 bits per heavy atom. The maximum Gasteiger partial charge on any atom is 0.242 e. The van der Waals surface area contributed by atoms with Crippen LogP contribution in [0.2, 0.25) is 0 Å². The Balaban J connectivity index is 4.67. The lowest BCUT2D eigenvalue weighted by atomic mass is 10.2. The van der Waals surface area contributed by atoms with E-state index in [0.717, 1.165) is 26.1 Å². The van der Waals surface area contributed by atoms with Gasteiger partial charge in [-0.15, -0.1) is 0 Å². The molecule has 0 bridgehead atoms. The standard InChI is InChI=1S/C21H37F2N3O/c1-6-9-11-19(10-7-2)17-25(5)13-14-26(12-8-3)21(27)24-16-18(4)15-20(22)23/h6-7,9-11,16,20-21,24,27H,8,12-15,17H2,1-5H3/b9-6+,10-7-,18-16+,19-11+. The molecule has 0 spiro atoms. The summed E-state index contributed by atoms with van der Waals surface area (Å²) in [5, 5.41) is 13.2. The number of allylic oxidation sites excluding steroid dienone is 5. The van der Waals surface area contributed by atoms with Gasteiger partial charge in [0.05, 0.1) is 0 Å². The molecular formula is C21H37F2N3O. The van der Waals surface area contributed by atoms with Crippen LogP contribution in [0.4, 0.5) is 8.78 Å². The summed E-state index contributed by atoms with van der Waals surface area (Å²) in [4.78, 5) is 4.11. The summed E-state index contributed by atoms with van der Waals surface area (Å²) < 4.78 is 24.7. The highest BCUT2D eigenvalue weighted by molar-refractivity contribution is 5.24. The van der Waals surface area contributed by atoms with Gasteiger partial charge in [0.15, 0.2) is 6.35 Å². The van der Waals surface area contributed by atoms with Crippen LogP contribution in [0.25, 0.3) is 0 Å². The van der Waals surface area contributed by atoms with Gasteiger partial charge in [0.2, 0.25) is 6.43 Å². The molecule has 1 atom stereocenters. The first-order chi connectivity index (χ1) is 12.8. The molecule has 0 saturated carbocycles. The van der Waals surface area contributed by atoms with E-state index in [4.69, 9.17) is 0 Å². The molecule has 0 rings (SSSR count). The molecule has 0 aliphatic heterocycles. The predicted molar refractivity (Wildman–Crippen MR) is 111 cm³/mol. The van der Waals surface area contributed by atoms with Crippen molar-refractivity contribution in [2.75, 3.05) is 33.2 Å². The lowest BCUT2D eigenvalue weighted by molar-refractivity contribution is -0.0157. The number of rotatable bonds is 14. The monoisotopic (exact) mass is 385 g/mol. The van der Waals surface area contributed by atoms with E-state index in [1.54, 1.807) is 6.92 Å². The zero-order valence-electron chi connectivity index (χ0n) is 17.5. The van der Waals surface area contributed by atoms with E-state index < -0.39 is 12.8 Å². The van der Waals surface area contributed by atoms with Crippen LogP contribution in [0.5, 0.6) is 0 Å². The fourth-order valence-corrected chi connectivity index (χ4v) is 2.55. The van der Waals surface area contributed by atoms with E-state index in [0.29, 0.717) is 12.1 Å². The maximum atomic E-state index is 12.4. The Bertz CT molecular complexity index is 502. The SMILES string of the molecule is C\C=C/C(=C\C=C\C)CN(C)CCN(CCC)C(O)N/C=C(\C)CC(F)F. The summed E-state index contributed by atoms with van der Waals surface area (Å²) >= 11 is 0. The molecule has 156 valence electrons. The minimum Gasteiger partial charge on any atom is -0.361 e. The van der Waals surface area contributed by atoms with Crippen LogP contribution in [0.1, 0.15) is 40.5 Å². The zero-order valence-corrected chi connectivity index (χ0v) is 17.5. The molecule has 0 aromatic carbocycles. The van der Waals surface area contributed by atoms with E-state index in [-0.39, 0.29) is 6.42 Å². The molecule has 27 heavy (non-hydrogen) atoms. The average Bonchev–Trinajstić information content (AvgIpc) is 2.60. The van der Waals surface area contributed by atoms with Crippen molar-refractivity contribution in [2.24, 2.45) is 0 Å². The summed E-state index contributed by atoms with van der Waals surface area (Å²) in [7, 11) is 2.05. The van der Waals surface area contributed by atoms with Gasteiger partial charge in [0, 0.05) is 32.6 Å². The first kappa shape index (κ1) is 25.5. The second kappa shape index (κ2) is 15.5. The minimum absolute atomic E-state index is 0.289. The largest absolute Gasteiger partial charge is 0.361 e. The normalized spacial score (nSPS) is 15.1. The molecule has 0 fully saturated rings. The topological polar surface area (TPSA) is 38.7 Å². The summed E-state index contributed by atoms with van der Waals surface area (Å²) in [5.41, 5.74) is 1.73. The van der Waals surface area contributed by atoms with Gasteiger partial charge in [-0.2, -0.15) is 0 Å². The number of aliphatic hydroxyl groups is 1. The van der Waals surface area contributed by atoms with Crippen molar-refractivity contribution in [1.82, 2.24) is 15.1 Å². The van der Waals surface area contributed by atoms with Crippen LogP contribution in [-0.2, 0) is 0 Å². The number of hydrogen-bond donors (Lipinski definition) is 2. The summed E-state index contributed by atoms with van der Waals surface area (Å²) in [6, 6.07) is 0. The lowest BCUT2D eigenvalue weighted by Crippen LogP contribution is -2.47. The molecule has 0 aliphatic carbocycles. The molecule has 0 aliphatic rings. The molecule has 4 nitrogen and oxygen atoms in total. The van der Waals surface area contributed by atoms with E-state index in [1.807, 2.05) is 50.9 Å². The number of aliphatic hydroxyl groups excluding tert-OH is 1. The van der Waals surface area contributed by atoms with Crippen molar-refractivity contribution >= 4 is 0 Å². The Labute approximate surface area is 163 Å². The molecule has 0 amide bonds. The minimum atomic E-state index is -2.37. The second-order valence-electron chi connectivity index (χ2n) is 6.67. The molecular weight excluding hydrogens is 348 g/mol. The maximum absolute atomic E-state index is 12.4. The van der Waals surface area contributed by atoms with Gasteiger partial charge in [-0.1, -0.05) is 42.9 Å². The molecule has 0 heterocycles. The second-order valence-corrected chi connectivity index (χ2v) is 6.67. The quantitative estimate of drug-likeness (QED) is 0.348. The van der Waals surface area contributed by atoms with Gasteiger partial charge < -0.3 is 15.3 Å². The molecule has 0 aromatic heterocycles. The third-order valence-corrected chi connectivity index (χ3v) is 3.92. The Morgan fingerprint density at radius 2 is 1.85 bits per heavy atom. The van der Waals surface area contributed by atoms with Gasteiger partial charge in [-0.3, -0.25) is 4.90 Å². The van der Waals surface area contributed by atoms with E-state index in [9.17, 15) is 13.9 Å². The van der Waals surface area contributed by atoms with Gasteiger partial charge in [0.1, 0.15) is 0 Å². The van der Waals surface area contributed by atoms with Crippen LogP contribution < -0.4 is 5.32 Å². The molecule has 1 unspecified atom stereocenters. The molecule has 0 radical (unpaired) electrons. The fraction of sp³-hybridized carbons (Fsp3) is 0.619. The van der Waals surface area contributed by atoms with Gasteiger partial charge >= 0.3 is 0 Å². The number of nitrogens with one attached hydrogen (secondary N) is 1. The Morgan fingerprint density at radius 3 is 2.41 bits per heavy atom. The highest BCUT2D eigenvalue weighted by Gasteiger charge is 2.14. The van der Waals surface area contributed by atoms with Crippen LogP contribution in [0, 0.1) is 0 Å². The number of halogens is 2. The first-order valence-electron chi connectivity index (χ1n) is 9.59. The summed E-state index contributed by atoms with van der Waals surface area (Å²) in [6.07, 6.45) is 9.05. The Hall–Kier alpha value is -1.50. The number of likely N-dealkylation sites (N-methyl/N-ethyl adjacent to an activating group) is 1. The van der Waals surface area contributed by atoms with Gasteiger partial charge in [-0.25, -0.2) is 8.78 Å². The van der Waals surface area contributed by atoms with Crippen molar-refractivity contribution in [3.8, 4) is 0 Å². The molecule has 2 N–H and O–H groups in total. The summed E-state index contributed by atoms with van der Waals surface area (Å²) in [6.45, 7) is 10.6. The highest BCUT2D eigenvalue weighted by atomic mass is 19.3. The first-order valence-corrected chi connectivity index (χ1v) is 9.59. The van der Waals surface area contributed by atoms with Crippen LogP contribution in [0.3, 0.4) is 0 Å². The van der Waals surface area contributed by atoms with Crippen molar-refractivity contribution in [2.45, 2.75) is 53.3 Å². The highest BCUT2D eigenvalue weighted by Crippen LogP contribution is 2.08. The molecule has 0 aromatic rings. The van der Waals surface area contributed by atoms with Crippen molar-refractivity contribution < 1.29 is 13.9 Å². The van der Waals surface area contributed by atoms with Crippen LogP contribution in [0.15, 0.2) is 47.7 Å². The lowest BCUT2D eigenvalue weighted by Gasteiger charge is -2.29. The Kier molecular flexibility index (Phi) is 14.7. The summed E-state index contributed by atoms with van der Waals surface area (Å²) in [5.74, 6) is 0. The van der Waals surface area contributed by atoms with Crippen molar-refractivity contribution in [3.05, 3.63) is 47.7 Å².